The van der Waals surface area contributed by atoms with Gasteiger partial charge in [0.05, 0.1) is 11.3 Å². The highest BCUT2D eigenvalue weighted by atomic mass is 16.1. The summed E-state index contributed by atoms with van der Waals surface area (Å²) in [6.07, 6.45) is 4.60. The minimum atomic E-state index is 0.124. The molecule has 1 fully saturated rings. The van der Waals surface area contributed by atoms with E-state index in [1.807, 2.05) is 25.9 Å². The maximum absolute atomic E-state index is 12.1. The maximum Gasteiger partial charge on any atom is 0.225 e. The van der Waals surface area contributed by atoms with Crippen molar-refractivity contribution < 1.29 is 4.79 Å². The van der Waals surface area contributed by atoms with Crippen molar-refractivity contribution in [1.29, 1.82) is 0 Å². The van der Waals surface area contributed by atoms with Crippen LogP contribution in [0.1, 0.15) is 35.3 Å². The van der Waals surface area contributed by atoms with Gasteiger partial charge < -0.3 is 9.80 Å². The van der Waals surface area contributed by atoms with Crippen LogP contribution in [-0.4, -0.2) is 54.4 Å². The van der Waals surface area contributed by atoms with Gasteiger partial charge in [-0.2, -0.15) is 0 Å². The van der Waals surface area contributed by atoms with Gasteiger partial charge in [-0.05, 0) is 33.9 Å². The molecule has 0 amide bonds. The van der Waals surface area contributed by atoms with E-state index >= 15 is 0 Å². The Morgan fingerprint density at radius 2 is 2.05 bits per heavy atom. The fourth-order valence-corrected chi connectivity index (χ4v) is 2.26. The molecule has 19 heavy (non-hydrogen) atoms. The van der Waals surface area contributed by atoms with Crippen LogP contribution in [0, 0.1) is 6.92 Å². The lowest BCUT2D eigenvalue weighted by Gasteiger charge is -2.16. The molecule has 104 valence electrons. The summed E-state index contributed by atoms with van der Waals surface area (Å²) in [5.74, 6) is 0.887. The molecule has 0 N–H and O–H groups in total. The standard InChI is InChI=1S/C14H22N4O/c1-11-12(13(19)6-9-17(2)3)10-15-14(16-11)18-7-4-5-8-18/h10H,4-9H2,1-3H3. The number of hydrogen-bond donors (Lipinski definition) is 0. The molecule has 5 nitrogen and oxygen atoms in total. The molecule has 0 spiro atoms. The molecule has 1 aromatic heterocycles. The minimum Gasteiger partial charge on any atom is -0.341 e. The zero-order valence-corrected chi connectivity index (χ0v) is 12.0. The number of ketones is 1. The monoisotopic (exact) mass is 262 g/mol. The van der Waals surface area contributed by atoms with Crippen LogP contribution in [0.25, 0.3) is 0 Å². The number of carbonyl (C=O) groups is 1. The van der Waals surface area contributed by atoms with Gasteiger partial charge in [0.25, 0.3) is 0 Å². The molecule has 0 bridgehead atoms. The second-order valence-electron chi connectivity index (χ2n) is 5.34. The van der Waals surface area contributed by atoms with E-state index < -0.39 is 0 Å². The predicted octanol–water partition coefficient (Wildman–Crippen LogP) is 1.52. The molecule has 2 rings (SSSR count). The average Bonchev–Trinajstić information content (AvgIpc) is 2.89. The van der Waals surface area contributed by atoms with E-state index in [1.54, 1.807) is 6.20 Å². The summed E-state index contributed by atoms with van der Waals surface area (Å²) in [6, 6.07) is 0. The fraction of sp³-hybridized carbons (Fsp3) is 0.643. The van der Waals surface area contributed by atoms with E-state index in [1.165, 1.54) is 12.8 Å². The van der Waals surface area contributed by atoms with E-state index in [4.69, 9.17) is 0 Å². The van der Waals surface area contributed by atoms with E-state index in [0.29, 0.717) is 12.0 Å². The van der Waals surface area contributed by atoms with Crippen LogP contribution in [0.15, 0.2) is 6.20 Å². The van der Waals surface area contributed by atoms with E-state index in [9.17, 15) is 4.79 Å². The van der Waals surface area contributed by atoms with Gasteiger partial charge >= 0.3 is 0 Å². The Hall–Kier alpha value is -1.49. The Morgan fingerprint density at radius 1 is 1.37 bits per heavy atom. The molecule has 5 heteroatoms. The lowest BCUT2D eigenvalue weighted by Crippen LogP contribution is -2.22. The van der Waals surface area contributed by atoms with Crippen molar-refractivity contribution in [3.8, 4) is 0 Å². The zero-order chi connectivity index (χ0) is 13.8. The average molecular weight is 262 g/mol. The van der Waals surface area contributed by atoms with Crippen LogP contribution in [-0.2, 0) is 0 Å². The van der Waals surface area contributed by atoms with Crippen LogP contribution in [0.2, 0.25) is 0 Å². The quantitative estimate of drug-likeness (QED) is 0.753. The van der Waals surface area contributed by atoms with E-state index in [0.717, 1.165) is 31.3 Å². The topological polar surface area (TPSA) is 49.3 Å². The molecule has 0 saturated carbocycles. The van der Waals surface area contributed by atoms with Crippen LogP contribution >= 0.6 is 0 Å². The highest BCUT2D eigenvalue weighted by Crippen LogP contribution is 2.17. The first kappa shape index (κ1) is 13.9. The van der Waals surface area contributed by atoms with E-state index in [2.05, 4.69) is 14.9 Å². The second kappa shape index (κ2) is 6.10. The third kappa shape index (κ3) is 3.50. The predicted molar refractivity (Wildman–Crippen MR) is 75.7 cm³/mol. The number of nitrogens with zero attached hydrogens (tertiary/aromatic N) is 4. The summed E-state index contributed by atoms with van der Waals surface area (Å²) in [5, 5.41) is 0. The van der Waals surface area contributed by atoms with Crippen molar-refractivity contribution in [2.24, 2.45) is 0 Å². The first-order chi connectivity index (χ1) is 9.08. The first-order valence-electron chi connectivity index (χ1n) is 6.84. The Labute approximate surface area is 114 Å². The fourth-order valence-electron chi connectivity index (χ4n) is 2.26. The lowest BCUT2D eigenvalue weighted by atomic mass is 10.1. The van der Waals surface area contributed by atoms with E-state index in [-0.39, 0.29) is 5.78 Å². The largest absolute Gasteiger partial charge is 0.341 e. The number of aryl methyl sites for hydroxylation is 1. The van der Waals surface area contributed by atoms with Crippen LogP contribution in [0.4, 0.5) is 5.95 Å². The number of carbonyl (C=O) groups excluding carboxylic acids is 1. The summed E-state index contributed by atoms with van der Waals surface area (Å²) >= 11 is 0. The van der Waals surface area contributed by atoms with Gasteiger partial charge in [0.15, 0.2) is 5.78 Å². The number of rotatable bonds is 5. The molecule has 0 atom stereocenters. The SMILES string of the molecule is Cc1nc(N2CCCC2)ncc1C(=O)CCN(C)C. The molecule has 1 aromatic rings. The molecule has 2 heterocycles. The zero-order valence-electron chi connectivity index (χ0n) is 12.0. The molecule has 0 radical (unpaired) electrons. The summed E-state index contributed by atoms with van der Waals surface area (Å²) in [7, 11) is 3.93. The normalized spacial score (nSPS) is 15.3. The molecular weight excluding hydrogens is 240 g/mol. The molecule has 0 unspecified atom stereocenters. The number of anilines is 1. The Balaban J connectivity index is 2.08. The van der Waals surface area contributed by atoms with Crippen molar-refractivity contribution in [2.45, 2.75) is 26.2 Å². The number of Topliss-reactive ketones (excluding diaryl/α,β-unsaturated/α-hetero) is 1. The molecule has 1 saturated heterocycles. The third-order valence-electron chi connectivity index (χ3n) is 3.44. The highest BCUT2D eigenvalue weighted by molar-refractivity contribution is 5.96. The molecular formula is C14H22N4O. The Kier molecular flexibility index (Phi) is 4.47. The summed E-state index contributed by atoms with van der Waals surface area (Å²) in [5.41, 5.74) is 1.45. The maximum atomic E-state index is 12.1. The van der Waals surface area contributed by atoms with Gasteiger partial charge in [0, 0.05) is 32.3 Å². The Bertz CT molecular complexity index is 453. The Morgan fingerprint density at radius 3 is 2.63 bits per heavy atom. The van der Waals surface area contributed by atoms with Crippen molar-refractivity contribution in [1.82, 2.24) is 14.9 Å². The van der Waals surface area contributed by atoms with Crippen molar-refractivity contribution in [3.05, 3.63) is 17.5 Å². The van der Waals surface area contributed by atoms with Crippen molar-refractivity contribution >= 4 is 11.7 Å². The summed E-state index contributed by atoms with van der Waals surface area (Å²) in [4.78, 5) is 25.1. The third-order valence-corrected chi connectivity index (χ3v) is 3.44. The van der Waals surface area contributed by atoms with Gasteiger partial charge in [0.1, 0.15) is 0 Å². The molecule has 0 aromatic carbocycles. The number of hydrogen-bond acceptors (Lipinski definition) is 5. The first-order valence-corrected chi connectivity index (χ1v) is 6.84. The van der Waals surface area contributed by atoms with Gasteiger partial charge in [-0.3, -0.25) is 4.79 Å². The molecule has 1 aliphatic rings. The molecule has 1 aliphatic heterocycles. The van der Waals surface area contributed by atoms with Crippen LogP contribution < -0.4 is 4.90 Å². The summed E-state index contributed by atoms with van der Waals surface area (Å²) in [6.45, 7) is 4.69. The summed E-state index contributed by atoms with van der Waals surface area (Å²) < 4.78 is 0. The lowest BCUT2D eigenvalue weighted by molar-refractivity contribution is 0.0971. The smallest absolute Gasteiger partial charge is 0.225 e. The minimum absolute atomic E-state index is 0.124. The van der Waals surface area contributed by atoms with Gasteiger partial charge in [-0.25, -0.2) is 9.97 Å². The van der Waals surface area contributed by atoms with Crippen molar-refractivity contribution in [3.63, 3.8) is 0 Å². The molecule has 0 aliphatic carbocycles. The van der Waals surface area contributed by atoms with Gasteiger partial charge in [0.2, 0.25) is 5.95 Å². The number of aromatic nitrogens is 2. The van der Waals surface area contributed by atoms with Crippen LogP contribution in [0.3, 0.4) is 0 Å². The van der Waals surface area contributed by atoms with Gasteiger partial charge in [-0.1, -0.05) is 0 Å². The van der Waals surface area contributed by atoms with Crippen molar-refractivity contribution in [2.75, 3.05) is 38.6 Å². The second-order valence-corrected chi connectivity index (χ2v) is 5.34. The van der Waals surface area contributed by atoms with Crippen LogP contribution in [0.5, 0.6) is 0 Å². The highest BCUT2D eigenvalue weighted by Gasteiger charge is 2.17. The van der Waals surface area contributed by atoms with Gasteiger partial charge in [-0.15, -0.1) is 0 Å².